The van der Waals surface area contributed by atoms with Crippen LogP contribution in [-0.4, -0.2) is 16.9 Å². The average molecular weight is 559 g/mol. The molecule has 0 aliphatic carbocycles. The molecule has 1 atom stereocenters. The molecule has 0 aromatic heterocycles. The smallest absolute Gasteiger partial charge is 0.335 e. The molecule has 0 amide bonds. The second-order valence-electron chi connectivity index (χ2n) is 11.4. The lowest BCUT2D eigenvalue weighted by molar-refractivity contribution is 0.0696. The molecular formula is C37H47FO3. The van der Waals surface area contributed by atoms with Crippen molar-refractivity contribution in [2.75, 3.05) is 0 Å². The summed E-state index contributed by atoms with van der Waals surface area (Å²) in [7, 11) is 0. The second-order valence-corrected chi connectivity index (χ2v) is 11.4. The molecule has 3 nitrogen and oxygen atoms in total. The number of rotatable bonds is 18. The maximum absolute atomic E-state index is 15.3. The number of unbranched alkanes of at least 4 members (excludes halogenated alkanes) is 9. The molecule has 220 valence electrons. The lowest BCUT2D eigenvalue weighted by atomic mass is 9.89. The van der Waals surface area contributed by atoms with E-state index in [1.807, 2.05) is 6.92 Å². The number of carbonyl (C=O) groups excluding carboxylic acids is 1. The number of ketones is 1. The van der Waals surface area contributed by atoms with Crippen LogP contribution in [0.25, 0.3) is 22.3 Å². The molecule has 0 fully saturated rings. The molecule has 0 spiro atoms. The van der Waals surface area contributed by atoms with Gasteiger partial charge in [-0.25, -0.2) is 9.18 Å². The topological polar surface area (TPSA) is 54.4 Å². The Morgan fingerprint density at radius 3 is 1.95 bits per heavy atom. The minimum Gasteiger partial charge on any atom is -0.478 e. The molecule has 1 N–H and O–H groups in total. The summed E-state index contributed by atoms with van der Waals surface area (Å²) in [6, 6.07) is 18.0. The molecule has 0 radical (unpaired) electrons. The highest BCUT2D eigenvalue weighted by atomic mass is 19.1. The Morgan fingerprint density at radius 2 is 1.32 bits per heavy atom. The fourth-order valence-corrected chi connectivity index (χ4v) is 5.46. The van der Waals surface area contributed by atoms with E-state index in [0.29, 0.717) is 11.1 Å². The van der Waals surface area contributed by atoms with Gasteiger partial charge < -0.3 is 5.11 Å². The van der Waals surface area contributed by atoms with Gasteiger partial charge >= 0.3 is 5.97 Å². The number of aryl methyl sites for hydroxylation is 1. The molecule has 0 aliphatic rings. The van der Waals surface area contributed by atoms with Crippen molar-refractivity contribution in [3.8, 4) is 22.3 Å². The highest BCUT2D eigenvalue weighted by molar-refractivity contribution is 5.99. The summed E-state index contributed by atoms with van der Waals surface area (Å²) in [6.45, 7) is 6.25. The van der Waals surface area contributed by atoms with Crippen molar-refractivity contribution in [2.45, 2.75) is 104 Å². The van der Waals surface area contributed by atoms with E-state index < -0.39 is 11.8 Å². The van der Waals surface area contributed by atoms with E-state index in [0.717, 1.165) is 49.7 Å². The van der Waals surface area contributed by atoms with Crippen molar-refractivity contribution in [3.05, 3.63) is 83.2 Å². The maximum Gasteiger partial charge on any atom is 0.335 e. The summed E-state index contributed by atoms with van der Waals surface area (Å²) < 4.78 is 15.3. The van der Waals surface area contributed by atoms with Gasteiger partial charge in [-0.1, -0.05) is 121 Å². The van der Waals surface area contributed by atoms with Gasteiger partial charge in [0, 0.05) is 5.92 Å². The Bertz CT molecular complexity index is 1260. The van der Waals surface area contributed by atoms with Crippen LogP contribution in [0.1, 0.15) is 124 Å². The standard InChI is InChI=1S/C37H47FO3/c1-4-6-8-10-11-12-14-16-28-17-19-29(20-18-28)32-23-22-31(37(40)41)25-34(32)30-21-24-33(35(38)26-30)36(39)27(3)15-13-9-7-5-2/h17-27H,4-16H2,1-3H3,(H,40,41). The largest absolute Gasteiger partial charge is 0.478 e. The third kappa shape index (κ3) is 9.66. The Morgan fingerprint density at radius 1 is 0.707 bits per heavy atom. The third-order valence-corrected chi connectivity index (χ3v) is 8.08. The number of carboxylic acids is 1. The lowest BCUT2D eigenvalue weighted by Crippen LogP contribution is -2.13. The Labute approximate surface area is 246 Å². The molecule has 0 aliphatic heterocycles. The van der Waals surface area contributed by atoms with Crippen LogP contribution in [0.5, 0.6) is 0 Å². The van der Waals surface area contributed by atoms with E-state index in [4.69, 9.17) is 0 Å². The van der Waals surface area contributed by atoms with Crippen LogP contribution < -0.4 is 0 Å². The normalized spacial score (nSPS) is 11.9. The summed E-state index contributed by atoms with van der Waals surface area (Å²) in [5.74, 6) is -2.02. The molecule has 4 heteroatoms. The van der Waals surface area contributed by atoms with E-state index in [-0.39, 0.29) is 22.8 Å². The third-order valence-electron chi connectivity index (χ3n) is 8.08. The molecule has 0 saturated carbocycles. The van der Waals surface area contributed by atoms with E-state index in [2.05, 4.69) is 38.1 Å². The first-order chi connectivity index (χ1) is 19.8. The molecule has 3 aromatic carbocycles. The SMILES string of the molecule is CCCCCCCCCc1ccc(-c2ccc(C(=O)O)cc2-c2ccc(C(=O)C(C)CCCCCC)c(F)c2)cc1. The number of hydrogen-bond donors (Lipinski definition) is 1. The summed E-state index contributed by atoms with van der Waals surface area (Å²) in [6.07, 6.45) is 15.0. The van der Waals surface area contributed by atoms with Gasteiger partial charge in [0.1, 0.15) is 5.82 Å². The maximum atomic E-state index is 15.3. The Balaban J connectivity index is 1.78. The van der Waals surface area contributed by atoms with E-state index in [1.165, 1.54) is 56.6 Å². The molecule has 0 saturated heterocycles. The van der Waals surface area contributed by atoms with Gasteiger partial charge in [-0.3, -0.25) is 4.79 Å². The number of hydrogen-bond acceptors (Lipinski definition) is 2. The number of halogens is 1. The number of carboxylic acid groups (broad SMARTS) is 1. The minimum atomic E-state index is -1.04. The predicted molar refractivity (Wildman–Crippen MR) is 168 cm³/mol. The van der Waals surface area contributed by atoms with Crippen molar-refractivity contribution in [3.63, 3.8) is 0 Å². The first-order valence-electron chi connectivity index (χ1n) is 15.7. The van der Waals surface area contributed by atoms with Crippen LogP contribution in [0.3, 0.4) is 0 Å². The van der Waals surface area contributed by atoms with Gasteiger partial charge in [0.2, 0.25) is 0 Å². The van der Waals surface area contributed by atoms with Gasteiger partial charge in [0.05, 0.1) is 11.1 Å². The Kier molecular flexibility index (Phi) is 13.3. The monoisotopic (exact) mass is 558 g/mol. The summed E-state index contributed by atoms with van der Waals surface area (Å²) in [5, 5.41) is 9.64. The van der Waals surface area contributed by atoms with E-state index in [9.17, 15) is 14.7 Å². The van der Waals surface area contributed by atoms with Crippen LogP contribution in [0, 0.1) is 11.7 Å². The quantitative estimate of drug-likeness (QED) is 0.125. The van der Waals surface area contributed by atoms with Gasteiger partial charge in [0.25, 0.3) is 0 Å². The molecule has 1 unspecified atom stereocenters. The number of Topliss-reactive ketones (excluding diaryl/α,β-unsaturated/α-hetero) is 1. The van der Waals surface area contributed by atoms with Gasteiger partial charge in [-0.2, -0.15) is 0 Å². The molecule has 41 heavy (non-hydrogen) atoms. The van der Waals surface area contributed by atoms with Crippen molar-refractivity contribution in [1.82, 2.24) is 0 Å². The van der Waals surface area contributed by atoms with Crippen molar-refractivity contribution in [2.24, 2.45) is 5.92 Å². The van der Waals surface area contributed by atoms with E-state index in [1.54, 1.807) is 30.3 Å². The van der Waals surface area contributed by atoms with Gasteiger partial charge in [-0.15, -0.1) is 0 Å². The molecule has 3 aromatic rings. The summed E-state index contributed by atoms with van der Waals surface area (Å²) >= 11 is 0. The summed E-state index contributed by atoms with van der Waals surface area (Å²) in [4.78, 5) is 24.7. The fraction of sp³-hybridized carbons (Fsp3) is 0.459. The zero-order valence-corrected chi connectivity index (χ0v) is 25.2. The number of aromatic carboxylic acids is 1. The van der Waals surface area contributed by atoms with Crippen LogP contribution >= 0.6 is 0 Å². The number of benzene rings is 3. The van der Waals surface area contributed by atoms with Gasteiger partial charge in [0.15, 0.2) is 5.78 Å². The number of carbonyl (C=O) groups is 2. The average Bonchev–Trinajstić information content (AvgIpc) is 2.98. The fourth-order valence-electron chi connectivity index (χ4n) is 5.46. The first-order valence-corrected chi connectivity index (χ1v) is 15.7. The summed E-state index contributed by atoms with van der Waals surface area (Å²) in [5.41, 5.74) is 4.49. The van der Waals surface area contributed by atoms with Crippen LogP contribution in [0.4, 0.5) is 4.39 Å². The van der Waals surface area contributed by atoms with Crippen LogP contribution in [0.2, 0.25) is 0 Å². The lowest BCUT2D eigenvalue weighted by Gasteiger charge is -2.15. The highest BCUT2D eigenvalue weighted by Gasteiger charge is 2.20. The highest BCUT2D eigenvalue weighted by Crippen LogP contribution is 2.35. The zero-order valence-electron chi connectivity index (χ0n) is 25.2. The van der Waals surface area contributed by atoms with Gasteiger partial charge in [-0.05, 0) is 71.3 Å². The molecule has 3 rings (SSSR count). The van der Waals surface area contributed by atoms with Crippen LogP contribution in [-0.2, 0) is 6.42 Å². The van der Waals surface area contributed by atoms with Crippen molar-refractivity contribution in [1.29, 1.82) is 0 Å². The minimum absolute atomic E-state index is 0.0994. The van der Waals surface area contributed by atoms with Crippen molar-refractivity contribution >= 4 is 11.8 Å². The van der Waals surface area contributed by atoms with E-state index >= 15 is 4.39 Å². The van der Waals surface area contributed by atoms with Crippen molar-refractivity contribution < 1.29 is 19.1 Å². The Hall–Kier alpha value is -3.27. The molecule has 0 heterocycles. The second kappa shape index (κ2) is 16.9. The predicted octanol–water partition coefficient (Wildman–Crippen LogP) is 10.9. The van der Waals surface area contributed by atoms with Crippen LogP contribution in [0.15, 0.2) is 60.7 Å². The molecule has 0 bridgehead atoms. The zero-order chi connectivity index (χ0) is 29.6. The first kappa shape index (κ1) is 32.2. The molecular weight excluding hydrogens is 511 g/mol.